The van der Waals surface area contributed by atoms with Crippen LogP contribution in [0.4, 0.5) is 8.78 Å². The van der Waals surface area contributed by atoms with Gasteiger partial charge in [0.05, 0.1) is 18.3 Å². The van der Waals surface area contributed by atoms with Gasteiger partial charge >= 0.3 is 6.61 Å². The van der Waals surface area contributed by atoms with Crippen molar-refractivity contribution < 1.29 is 23.7 Å². The maximum atomic E-state index is 12.5. The van der Waals surface area contributed by atoms with E-state index in [4.69, 9.17) is 4.74 Å². The minimum atomic E-state index is -2.67. The molecular formula is C27H43F2NO3. The third-order valence-corrected chi connectivity index (χ3v) is 9.22. The monoisotopic (exact) mass is 467 g/mol. The van der Waals surface area contributed by atoms with Crippen LogP contribution in [0.15, 0.2) is 23.3 Å². The summed E-state index contributed by atoms with van der Waals surface area (Å²) in [7, 11) is 0. The highest BCUT2D eigenvalue weighted by atomic mass is 19.3. The fraction of sp³-hybridized carbons (Fsp3) is 0.852. The highest BCUT2D eigenvalue weighted by Gasteiger charge is 2.50. The number of allylic oxidation sites excluding steroid dienone is 3. The maximum Gasteiger partial charge on any atom is 0.345 e. The molecule has 3 aliphatic carbocycles. The Morgan fingerprint density at radius 2 is 1.91 bits per heavy atom. The van der Waals surface area contributed by atoms with Crippen molar-refractivity contribution in [1.82, 2.24) is 4.90 Å². The smallest absolute Gasteiger partial charge is 0.345 e. The number of ether oxygens (including phenoxy) is 1. The van der Waals surface area contributed by atoms with E-state index in [0.717, 1.165) is 25.9 Å². The number of aliphatic hydroxyl groups excluding tert-OH is 2. The van der Waals surface area contributed by atoms with Crippen LogP contribution in [0.25, 0.3) is 0 Å². The fourth-order valence-electron chi connectivity index (χ4n) is 7.59. The number of halogens is 2. The molecule has 33 heavy (non-hydrogen) atoms. The number of hydrogen-bond acceptors (Lipinski definition) is 4. The van der Waals surface area contributed by atoms with Gasteiger partial charge in [-0.1, -0.05) is 37.1 Å². The van der Waals surface area contributed by atoms with Gasteiger partial charge in [-0.25, -0.2) is 0 Å². The normalized spacial score (nSPS) is 39.9. The van der Waals surface area contributed by atoms with Crippen molar-refractivity contribution in [3.63, 3.8) is 0 Å². The number of rotatable bonds is 7. The van der Waals surface area contributed by atoms with E-state index in [9.17, 15) is 19.0 Å². The van der Waals surface area contributed by atoms with Crippen LogP contribution >= 0.6 is 0 Å². The summed E-state index contributed by atoms with van der Waals surface area (Å²) in [6.45, 7) is 4.70. The summed E-state index contributed by atoms with van der Waals surface area (Å²) in [5, 5.41) is 20.0. The molecule has 1 aliphatic heterocycles. The van der Waals surface area contributed by atoms with Gasteiger partial charge in [-0.2, -0.15) is 8.78 Å². The molecule has 2 unspecified atom stereocenters. The van der Waals surface area contributed by atoms with Gasteiger partial charge in [-0.3, -0.25) is 0 Å². The second kappa shape index (κ2) is 10.8. The summed E-state index contributed by atoms with van der Waals surface area (Å²) in [5.74, 6) is 1.95. The summed E-state index contributed by atoms with van der Waals surface area (Å²) >= 11 is 0. The molecule has 1 heterocycles. The Kier molecular flexibility index (Phi) is 8.31. The van der Waals surface area contributed by atoms with E-state index >= 15 is 0 Å². The Balaban J connectivity index is 1.34. The van der Waals surface area contributed by atoms with Crippen LogP contribution in [-0.2, 0) is 4.74 Å². The predicted molar refractivity (Wildman–Crippen MR) is 126 cm³/mol. The van der Waals surface area contributed by atoms with Crippen LogP contribution in [0, 0.1) is 23.2 Å². The zero-order valence-electron chi connectivity index (χ0n) is 20.4. The van der Waals surface area contributed by atoms with Crippen molar-refractivity contribution in [2.24, 2.45) is 23.2 Å². The first-order valence-electron chi connectivity index (χ1n) is 13.1. The zero-order chi connectivity index (χ0) is 23.6. The average molecular weight is 468 g/mol. The van der Waals surface area contributed by atoms with Gasteiger partial charge in [0.15, 0.2) is 0 Å². The summed E-state index contributed by atoms with van der Waals surface area (Å²) in [5.41, 5.74) is 3.07. The topological polar surface area (TPSA) is 52.9 Å². The average Bonchev–Trinajstić information content (AvgIpc) is 3.33. The molecule has 0 aromatic heterocycles. The molecule has 0 bridgehead atoms. The standard InChI is InChI=1S/C27H43F2NO3/c1-18(9-12-30-13-10-23(17-30)33-26(28)29)24-7-8-25-20(4-3-11-27(24,25)2)6-5-19-14-21(31)16-22(32)15-19/h5-6,18,21-26,31-32H,3-4,7-17H2,1-2H3/t18?,21-,22-,23?,24-,25+,27-/m1/s1. The summed E-state index contributed by atoms with van der Waals surface area (Å²) in [6.07, 6.45) is 13.2. The molecule has 1 saturated heterocycles. The van der Waals surface area contributed by atoms with E-state index in [-0.39, 0.29) is 6.10 Å². The van der Waals surface area contributed by atoms with E-state index in [2.05, 4.69) is 30.9 Å². The molecule has 4 fully saturated rings. The number of alkyl halides is 2. The Hall–Kier alpha value is -0.820. The molecular weight excluding hydrogens is 424 g/mol. The Labute approximate surface area is 198 Å². The summed E-state index contributed by atoms with van der Waals surface area (Å²) in [4.78, 5) is 2.30. The summed E-state index contributed by atoms with van der Waals surface area (Å²) < 4.78 is 29.7. The molecule has 188 valence electrons. The van der Waals surface area contributed by atoms with Crippen LogP contribution in [0.2, 0.25) is 0 Å². The molecule has 0 spiro atoms. The van der Waals surface area contributed by atoms with Gasteiger partial charge in [0.2, 0.25) is 0 Å². The number of nitrogens with zero attached hydrogens (tertiary/aromatic N) is 1. The lowest BCUT2D eigenvalue weighted by molar-refractivity contribution is -0.158. The highest BCUT2D eigenvalue weighted by Crippen LogP contribution is 2.59. The third-order valence-electron chi connectivity index (χ3n) is 9.22. The predicted octanol–water partition coefficient (Wildman–Crippen LogP) is 5.30. The molecule has 4 nitrogen and oxygen atoms in total. The lowest BCUT2D eigenvalue weighted by Gasteiger charge is -2.44. The summed E-state index contributed by atoms with van der Waals surface area (Å²) in [6, 6.07) is 0. The van der Waals surface area contributed by atoms with Crippen molar-refractivity contribution in [2.45, 2.75) is 103 Å². The second-order valence-corrected chi connectivity index (χ2v) is 11.5. The third kappa shape index (κ3) is 6.06. The minimum Gasteiger partial charge on any atom is -0.393 e. The van der Waals surface area contributed by atoms with Gasteiger partial charge in [0.1, 0.15) is 0 Å². The Morgan fingerprint density at radius 1 is 1.15 bits per heavy atom. The molecule has 2 N–H and O–H groups in total. The Bertz CT molecular complexity index is 714. The van der Waals surface area contributed by atoms with Gasteiger partial charge in [-0.05, 0) is 93.9 Å². The molecule has 0 amide bonds. The van der Waals surface area contributed by atoms with Crippen LogP contribution in [0.3, 0.4) is 0 Å². The zero-order valence-corrected chi connectivity index (χ0v) is 20.4. The van der Waals surface area contributed by atoms with E-state index in [1.165, 1.54) is 31.3 Å². The van der Waals surface area contributed by atoms with Crippen molar-refractivity contribution in [3.05, 3.63) is 23.3 Å². The number of hydrogen-bond donors (Lipinski definition) is 2. The lowest BCUT2D eigenvalue weighted by atomic mass is 9.61. The van der Waals surface area contributed by atoms with E-state index in [0.29, 0.717) is 55.4 Å². The molecule has 0 aromatic rings. The van der Waals surface area contributed by atoms with Crippen LogP contribution in [0.1, 0.15) is 78.1 Å². The van der Waals surface area contributed by atoms with Crippen molar-refractivity contribution in [1.29, 1.82) is 0 Å². The molecule has 0 aromatic carbocycles. The van der Waals surface area contributed by atoms with Crippen LogP contribution < -0.4 is 0 Å². The van der Waals surface area contributed by atoms with Crippen molar-refractivity contribution in [3.8, 4) is 0 Å². The molecule has 4 aliphatic rings. The second-order valence-electron chi connectivity index (χ2n) is 11.5. The van der Waals surface area contributed by atoms with Gasteiger partial charge in [-0.15, -0.1) is 0 Å². The first-order chi connectivity index (χ1) is 15.7. The number of fused-ring (bicyclic) bond motifs is 1. The van der Waals surface area contributed by atoms with E-state index in [1.54, 1.807) is 5.57 Å². The molecule has 4 rings (SSSR count). The quantitative estimate of drug-likeness (QED) is 0.533. The van der Waals surface area contributed by atoms with Gasteiger partial charge in [0, 0.05) is 13.1 Å². The number of aliphatic hydroxyl groups is 2. The SMILES string of the molecule is CC(CCN1CCC(OC(F)F)C1)[C@H]1CC[C@H]2C(=CC=C3C[C@@H](O)C[C@H](O)C3)CCC[C@]12C. The van der Waals surface area contributed by atoms with E-state index in [1.807, 2.05) is 0 Å². The van der Waals surface area contributed by atoms with E-state index < -0.39 is 18.8 Å². The van der Waals surface area contributed by atoms with Crippen molar-refractivity contribution in [2.75, 3.05) is 19.6 Å². The first-order valence-corrected chi connectivity index (χ1v) is 13.1. The maximum absolute atomic E-state index is 12.5. The van der Waals surface area contributed by atoms with Crippen molar-refractivity contribution >= 4 is 0 Å². The lowest BCUT2D eigenvalue weighted by Crippen LogP contribution is -2.37. The minimum absolute atomic E-state index is 0.319. The van der Waals surface area contributed by atoms with Gasteiger partial charge < -0.3 is 19.8 Å². The molecule has 0 radical (unpaired) electrons. The molecule has 3 saturated carbocycles. The number of likely N-dealkylation sites (tertiary alicyclic amines) is 1. The molecule has 7 atom stereocenters. The van der Waals surface area contributed by atoms with Crippen LogP contribution in [0.5, 0.6) is 0 Å². The molecule has 6 heteroatoms. The van der Waals surface area contributed by atoms with Gasteiger partial charge in [0.25, 0.3) is 0 Å². The largest absolute Gasteiger partial charge is 0.393 e. The Morgan fingerprint density at radius 3 is 2.64 bits per heavy atom. The first kappa shape index (κ1) is 25.3. The van der Waals surface area contributed by atoms with Crippen LogP contribution in [-0.4, -0.2) is 59.7 Å². The highest BCUT2D eigenvalue weighted by molar-refractivity contribution is 5.26. The fourth-order valence-corrected chi connectivity index (χ4v) is 7.59.